The van der Waals surface area contributed by atoms with Gasteiger partial charge in [0.1, 0.15) is 0 Å². The van der Waals surface area contributed by atoms with Crippen molar-refractivity contribution >= 4 is 5.78 Å². The zero-order chi connectivity index (χ0) is 13.8. The molecule has 2 rings (SSSR count). The van der Waals surface area contributed by atoms with Gasteiger partial charge in [-0.1, -0.05) is 19.8 Å². The largest absolute Gasteiger partial charge is 0.312 e. The first-order chi connectivity index (χ1) is 9.15. The van der Waals surface area contributed by atoms with Crippen molar-refractivity contribution in [3.8, 4) is 0 Å². The van der Waals surface area contributed by atoms with Crippen LogP contribution in [0.5, 0.6) is 0 Å². The van der Waals surface area contributed by atoms with Crippen molar-refractivity contribution in [3.63, 3.8) is 0 Å². The molecule has 0 atom stereocenters. The van der Waals surface area contributed by atoms with Crippen molar-refractivity contribution in [2.24, 2.45) is 0 Å². The minimum absolute atomic E-state index is 0.0794. The number of pyridine rings is 1. The maximum atomic E-state index is 12.4. The lowest BCUT2D eigenvalue weighted by Gasteiger charge is -2.22. The molecule has 0 spiro atoms. The average molecular weight is 261 g/mol. The number of ketones is 1. The molecule has 0 fully saturated rings. The lowest BCUT2D eigenvalue weighted by Crippen LogP contribution is -2.31. The summed E-state index contributed by atoms with van der Waals surface area (Å²) in [5.41, 5.74) is 2.69. The molecule has 19 heavy (non-hydrogen) atoms. The monoisotopic (exact) mass is 261 g/mol. The van der Waals surface area contributed by atoms with Gasteiger partial charge in [-0.25, -0.2) is 0 Å². The summed E-state index contributed by atoms with van der Waals surface area (Å²) in [6.07, 6.45) is 7.59. The normalized spacial score (nSPS) is 14.2. The fourth-order valence-corrected chi connectivity index (χ4v) is 2.89. The van der Waals surface area contributed by atoms with Crippen molar-refractivity contribution in [3.05, 3.63) is 33.2 Å². The number of Topliss-reactive ketones (excluding diaryl/α,β-unsaturated/α-hetero) is 1. The molecular formula is C16H23NO2. The van der Waals surface area contributed by atoms with Gasteiger partial charge in [-0.2, -0.15) is 0 Å². The van der Waals surface area contributed by atoms with Crippen LogP contribution in [0.2, 0.25) is 0 Å². The number of rotatable bonds is 5. The second-order valence-electron chi connectivity index (χ2n) is 5.46. The lowest BCUT2D eigenvalue weighted by atomic mass is 9.93. The van der Waals surface area contributed by atoms with Gasteiger partial charge in [-0.15, -0.1) is 0 Å². The zero-order valence-electron chi connectivity index (χ0n) is 12.0. The molecule has 1 heterocycles. The predicted octanol–water partition coefficient (Wildman–Crippen LogP) is 3.12. The molecule has 0 aliphatic heterocycles. The third kappa shape index (κ3) is 2.96. The van der Waals surface area contributed by atoms with Gasteiger partial charge in [0.25, 0.3) is 5.56 Å². The van der Waals surface area contributed by atoms with Gasteiger partial charge >= 0.3 is 0 Å². The Hall–Kier alpha value is -1.38. The minimum Gasteiger partial charge on any atom is -0.312 e. The highest BCUT2D eigenvalue weighted by atomic mass is 16.1. The van der Waals surface area contributed by atoms with Crippen LogP contribution in [-0.4, -0.2) is 10.4 Å². The molecule has 3 nitrogen and oxygen atoms in total. The number of fused-ring (bicyclic) bond motifs is 1. The molecule has 1 aliphatic rings. The first kappa shape index (κ1) is 14.0. The van der Waals surface area contributed by atoms with Crippen molar-refractivity contribution in [2.45, 2.75) is 65.3 Å². The Kier molecular flexibility index (Phi) is 4.56. The summed E-state index contributed by atoms with van der Waals surface area (Å²) in [5, 5.41) is 0. The highest BCUT2D eigenvalue weighted by Crippen LogP contribution is 2.21. The molecule has 0 amide bonds. The highest BCUT2D eigenvalue weighted by molar-refractivity contribution is 5.93. The van der Waals surface area contributed by atoms with Gasteiger partial charge in [-0.05, 0) is 50.7 Å². The fraction of sp³-hybridized carbons (Fsp3) is 0.625. The van der Waals surface area contributed by atoms with Crippen LogP contribution in [0.25, 0.3) is 0 Å². The van der Waals surface area contributed by atoms with Crippen molar-refractivity contribution in [2.75, 3.05) is 0 Å². The van der Waals surface area contributed by atoms with Crippen LogP contribution >= 0.6 is 0 Å². The van der Waals surface area contributed by atoms with E-state index in [2.05, 4.69) is 6.92 Å². The van der Waals surface area contributed by atoms with Gasteiger partial charge in [0, 0.05) is 12.2 Å². The van der Waals surface area contributed by atoms with Crippen LogP contribution < -0.4 is 5.56 Å². The molecule has 0 unspecified atom stereocenters. The van der Waals surface area contributed by atoms with Crippen molar-refractivity contribution in [1.29, 1.82) is 0 Å². The van der Waals surface area contributed by atoms with Crippen LogP contribution in [0.1, 0.15) is 67.6 Å². The maximum Gasteiger partial charge on any atom is 0.261 e. The van der Waals surface area contributed by atoms with E-state index >= 15 is 0 Å². The lowest BCUT2D eigenvalue weighted by molar-refractivity contribution is 0.101. The number of carbonyl (C=O) groups excluding carboxylic acids is 1. The Morgan fingerprint density at radius 1 is 1.26 bits per heavy atom. The quantitative estimate of drug-likeness (QED) is 0.603. The number of nitrogens with zero attached hydrogens (tertiary/aromatic N) is 1. The number of aromatic nitrogens is 1. The van der Waals surface area contributed by atoms with Crippen LogP contribution in [0.15, 0.2) is 10.9 Å². The number of unbranched alkanes of at least 4 members (excludes halogenated alkanes) is 2. The smallest absolute Gasteiger partial charge is 0.261 e. The Morgan fingerprint density at radius 2 is 2.00 bits per heavy atom. The minimum atomic E-state index is -0.109. The van der Waals surface area contributed by atoms with E-state index in [4.69, 9.17) is 0 Å². The Bertz CT molecular complexity index is 528. The van der Waals surface area contributed by atoms with Gasteiger partial charge in [-0.3, -0.25) is 9.59 Å². The number of hydrogen-bond donors (Lipinski definition) is 0. The number of hydrogen-bond acceptors (Lipinski definition) is 2. The average Bonchev–Trinajstić information content (AvgIpc) is 2.40. The van der Waals surface area contributed by atoms with Gasteiger partial charge in [0.15, 0.2) is 5.78 Å². The summed E-state index contributed by atoms with van der Waals surface area (Å²) in [4.78, 5) is 24.0. The summed E-state index contributed by atoms with van der Waals surface area (Å²) in [6.45, 7) is 4.41. The van der Waals surface area contributed by atoms with Crippen LogP contribution in [-0.2, 0) is 19.4 Å². The maximum absolute atomic E-state index is 12.4. The van der Waals surface area contributed by atoms with Crippen LogP contribution in [0.3, 0.4) is 0 Å². The molecule has 0 bridgehead atoms. The summed E-state index contributed by atoms with van der Waals surface area (Å²) in [6, 6.07) is 1.84. The summed E-state index contributed by atoms with van der Waals surface area (Å²) < 4.78 is 1.88. The third-order valence-electron chi connectivity index (χ3n) is 3.96. The molecule has 1 aromatic heterocycles. The van der Waals surface area contributed by atoms with E-state index in [1.165, 1.54) is 18.2 Å². The molecule has 104 valence electrons. The summed E-state index contributed by atoms with van der Waals surface area (Å²) in [7, 11) is 0. The van der Waals surface area contributed by atoms with Gasteiger partial charge in [0.05, 0.1) is 5.56 Å². The zero-order valence-corrected chi connectivity index (χ0v) is 12.0. The van der Waals surface area contributed by atoms with Crippen LogP contribution in [0, 0.1) is 0 Å². The first-order valence-corrected chi connectivity index (χ1v) is 7.41. The fourth-order valence-electron chi connectivity index (χ4n) is 2.89. The van der Waals surface area contributed by atoms with E-state index in [0.717, 1.165) is 51.5 Å². The molecule has 0 radical (unpaired) electrons. The van der Waals surface area contributed by atoms with E-state index < -0.39 is 0 Å². The van der Waals surface area contributed by atoms with E-state index in [1.54, 1.807) is 0 Å². The molecule has 0 N–H and O–H groups in total. The predicted molar refractivity (Wildman–Crippen MR) is 76.9 cm³/mol. The summed E-state index contributed by atoms with van der Waals surface area (Å²) >= 11 is 0. The Labute approximate surface area is 114 Å². The van der Waals surface area contributed by atoms with E-state index in [0.29, 0.717) is 5.56 Å². The second kappa shape index (κ2) is 6.18. The Morgan fingerprint density at radius 3 is 2.68 bits per heavy atom. The number of aryl methyl sites for hydroxylation is 1. The first-order valence-electron chi connectivity index (χ1n) is 7.41. The van der Waals surface area contributed by atoms with Crippen LogP contribution in [0.4, 0.5) is 0 Å². The molecule has 0 saturated heterocycles. The van der Waals surface area contributed by atoms with Crippen molar-refractivity contribution in [1.82, 2.24) is 4.57 Å². The molecular weight excluding hydrogens is 238 g/mol. The SMILES string of the molecule is CCCCCn1c2c(cc(C(C)=O)c1=O)CCCC2. The van der Waals surface area contributed by atoms with E-state index in [-0.39, 0.29) is 11.3 Å². The summed E-state index contributed by atoms with van der Waals surface area (Å²) in [5.74, 6) is -0.109. The van der Waals surface area contributed by atoms with Gasteiger partial charge < -0.3 is 4.57 Å². The molecule has 3 heteroatoms. The standard InChI is InChI=1S/C16H23NO2/c1-3-4-7-10-17-15-9-6-5-8-13(15)11-14(12(2)18)16(17)19/h11H,3-10H2,1-2H3. The molecule has 0 saturated carbocycles. The second-order valence-corrected chi connectivity index (χ2v) is 5.46. The topological polar surface area (TPSA) is 39.1 Å². The molecule has 1 aromatic rings. The number of carbonyl (C=O) groups is 1. The van der Waals surface area contributed by atoms with E-state index in [9.17, 15) is 9.59 Å². The highest BCUT2D eigenvalue weighted by Gasteiger charge is 2.19. The molecule has 0 aromatic carbocycles. The van der Waals surface area contributed by atoms with Crippen molar-refractivity contribution < 1.29 is 4.79 Å². The Balaban J connectivity index is 2.44. The molecule has 1 aliphatic carbocycles. The van der Waals surface area contributed by atoms with E-state index in [1.807, 2.05) is 10.6 Å². The third-order valence-corrected chi connectivity index (χ3v) is 3.96. The van der Waals surface area contributed by atoms with Gasteiger partial charge in [0.2, 0.25) is 0 Å².